The topological polar surface area (TPSA) is 71.1 Å². The van der Waals surface area contributed by atoms with E-state index < -0.39 is 11.6 Å². The van der Waals surface area contributed by atoms with Crippen LogP contribution < -0.4 is 10.2 Å². The van der Waals surface area contributed by atoms with Gasteiger partial charge in [-0.2, -0.15) is 11.8 Å². The standard InChI is InChI=1S/C20H31N3O4S/c1-20(2,3)27-21-19(25)23-12-16(11-17(23)18(24)22(4)5)28-13-14-7-9-15(26-6)10-8-14/h7-10,16-17H,11-13H2,1-6H3,(H,21,25)/t16-,17-/m0/s1. The highest BCUT2D eigenvalue weighted by molar-refractivity contribution is 7.99. The van der Waals surface area contributed by atoms with Gasteiger partial charge in [-0.05, 0) is 44.9 Å². The van der Waals surface area contributed by atoms with E-state index in [1.807, 2.05) is 45.0 Å². The van der Waals surface area contributed by atoms with E-state index in [-0.39, 0.29) is 17.2 Å². The number of amides is 3. The molecule has 2 rings (SSSR count). The first-order valence-corrected chi connectivity index (χ1v) is 10.4. The van der Waals surface area contributed by atoms with E-state index in [1.54, 1.807) is 37.9 Å². The van der Waals surface area contributed by atoms with E-state index >= 15 is 0 Å². The molecule has 28 heavy (non-hydrogen) atoms. The smallest absolute Gasteiger partial charge is 0.342 e. The molecular formula is C20H31N3O4S. The number of ether oxygens (including phenoxy) is 1. The van der Waals surface area contributed by atoms with Gasteiger partial charge in [0.1, 0.15) is 11.8 Å². The number of hydrogen-bond donors (Lipinski definition) is 1. The summed E-state index contributed by atoms with van der Waals surface area (Å²) >= 11 is 1.75. The molecule has 1 aromatic carbocycles. The second-order valence-electron chi connectivity index (χ2n) is 8.04. The highest BCUT2D eigenvalue weighted by Crippen LogP contribution is 2.31. The van der Waals surface area contributed by atoms with Gasteiger partial charge in [-0.15, -0.1) is 0 Å². The summed E-state index contributed by atoms with van der Waals surface area (Å²) < 4.78 is 5.19. The lowest BCUT2D eigenvalue weighted by molar-refractivity contribution is -0.133. The number of methoxy groups -OCH3 is 1. The van der Waals surface area contributed by atoms with Crippen LogP contribution in [0.4, 0.5) is 4.79 Å². The van der Waals surface area contributed by atoms with E-state index in [4.69, 9.17) is 9.57 Å². The second kappa shape index (κ2) is 9.52. The maximum atomic E-state index is 12.6. The third kappa shape index (κ3) is 6.31. The number of likely N-dealkylation sites (tertiary alicyclic amines) is 1. The van der Waals surface area contributed by atoms with Gasteiger partial charge in [0.05, 0.1) is 12.7 Å². The summed E-state index contributed by atoms with van der Waals surface area (Å²) in [6.07, 6.45) is 0.626. The van der Waals surface area contributed by atoms with Gasteiger partial charge < -0.3 is 14.5 Å². The van der Waals surface area contributed by atoms with E-state index in [2.05, 4.69) is 5.48 Å². The number of carbonyl (C=O) groups is 2. The fourth-order valence-electron chi connectivity index (χ4n) is 2.87. The van der Waals surface area contributed by atoms with Crippen LogP contribution in [0.1, 0.15) is 32.8 Å². The molecule has 1 N–H and O–H groups in total. The van der Waals surface area contributed by atoms with E-state index in [1.165, 1.54) is 10.5 Å². The number of carbonyl (C=O) groups excluding carboxylic acids is 2. The van der Waals surface area contributed by atoms with Crippen molar-refractivity contribution in [1.29, 1.82) is 0 Å². The molecule has 1 aliphatic heterocycles. The minimum atomic E-state index is -0.501. The Kier molecular flexibility index (Phi) is 7.60. The first-order chi connectivity index (χ1) is 13.1. The minimum Gasteiger partial charge on any atom is -0.497 e. The summed E-state index contributed by atoms with van der Waals surface area (Å²) in [5.74, 6) is 1.57. The van der Waals surface area contributed by atoms with Crippen molar-refractivity contribution in [3.05, 3.63) is 29.8 Å². The number of likely N-dealkylation sites (N-methyl/N-ethyl adjacent to an activating group) is 1. The van der Waals surface area contributed by atoms with Crippen molar-refractivity contribution in [1.82, 2.24) is 15.3 Å². The van der Waals surface area contributed by atoms with Crippen LogP contribution in [0.25, 0.3) is 0 Å². The van der Waals surface area contributed by atoms with E-state index in [0.29, 0.717) is 13.0 Å². The van der Waals surface area contributed by atoms with Crippen molar-refractivity contribution in [3.8, 4) is 5.75 Å². The highest BCUT2D eigenvalue weighted by Gasteiger charge is 2.40. The molecule has 1 aromatic rings. The van der Waals surface area contributed by atoms with Crippen LogP contribution in [-0.2, 0) is 15.4 Å². The quantitative estimate of drug-likeness (QED) is 0.732. The number of hydrogen-bond acceptors (Lipinski definition) is 5. The van der Waals surface area contributed by atoms with Gasteiger partial charge in [0, 0.05) is 31.6 Å². The number of hydroxylamine groups is 1. The van der Waals surface area contributed by atoms with Gasteiger partial charge in [0.15, 0.2) is 0 Å². The Balaban J connectivity index is 2.00. The van der Waals surface area contributed by atoms with Crippen molar-refractivity contribution in [2.75, 3.05) is 27.7 Å². The van der Waals surface area contributed by atoms with Crippen LogP contribution >= 0.6 is 11.8 Å². The van der Waals surface area contributed by atoms with Crippen molar-refractivity contribution < 1.29 is 19.2 Å². The molecule has 8 heteroatoms. The predicted octanol–water partition coefficient (Wildman–Crippen LogP) is 2.90. The zero-order chi connectivity index (χ0) is 20.9. The molecule has 0 unspecified atom stereocenters. The first-order valence-electron chi connectivity index (χ1n) is 9.31. The largest absolute Gasteiger partial charge is 0.497 e. The van der Waals surface area contributed by atoms with E-state index in [0.717, 1.165) is 11.5 Å². The molecule has 1 heterocycles. The summed E-state index contributed by atoms with van der Waals surface area (Å²) in [5.41, 5.74) is 3.17. The molecule has 0 aliphatic carbocycles. The molecule has 1 fully saturated rings. The number of benzene rings is 1. The number of urea groups is 1. The van der Waals surface area contributed by atoms with Crippen LogP contribution in [-0.4, -0.2) is 66.4 Å². The van der Waals surface area contributed by atoms with Gasteiger partial charge in [0.2, 0.25) is 5.91 Å². The Morgan fingerprint density at radius 2 is 1.89 bits per heavy atom. The maximum Gasteiger partial charge on any atom is 0.342 e. The monoisotopic (exact) mass is 409 g/mol. The predicted molar refractivity (Wildman–Crippen MR) is 111 cm³/mol. The van der Waals surface area contributed by atoms with Crippen molar-refractivity contribution in [2.45, 2.75) is 49.8 Å². The second-order valence-corrected chi connectivity index (χ2v) is 9.33. The Morgan fingerprint density at radius 1 is 1.25 bits per heavy atom. The van der Waals surface area contributed by atoms with E-state index in [9.17, 15) is 9.59 Å². The molecule has 0 saturated carbocycles. The summed E-state index contributed by atoms with van der Waals surface area (Å²) in [7, 11) is 5.07. The zero-order valence-electron chi connectivity index (χ0n) is 17.5. The molecule has 1 saturated heterocycles. The SMILES string of the molecule is COc1ccc(CS[C@H]2C[C@@H](C(=O)N(C)C)N(C(=O)NOC(C)(C)C)C2)cc1. The summed E-state index contributed by atoms with van der Waals surface area (Å²) in [4.78, 5) is 33.7. The Morgan fingerprint density at radius 3 is 2.43 bits per heavy atom. The van der Waals surface area contributed by atoms with Crippen LogP contribution in [0.15, 0.2) is 24.3 Å². The summed E-state index contributed by atoms with van der Waals surface area (Å²) in [6, 6.07) is 7.09. The Labute approximate surface area is 171 Å². The third-order valence-electron chi connectivity index (χ3n) is 4.34. The van der Waals surface area contributed by atoms with Crippen molar-refractivity contribution >= 4 is 23.7 Å². The molecule has 156 valence electrons. The minimum absolute atomic E-state index is 0.0709. The van der Waals surface area contributed by atoms with Gasteiger partial charge in [-0.25, -0.2) is 10.3 Å². The Bertz CT molecular complexity index is 673. The molecular weight excluding hydrogens is 378 g/mol. The van der Waals surface area contributed by atoms with Crippen LogP contribution in [0.2, 0.25) is 0 Å². The molecule has 3 amide bonds. The maximum absolute atomic E-state index is 12.6. The molecule has 2 atom stereocenters. The third-order valence-corrected chi connectivity index (χ3v) is 5.65. The number of nitrogens with one attached hydrogen (secondary N) is 1. The lowest BCUT2D eigenvalue weighted by Gasteiger charge is -2.27. The molecule has 7 nitrogen and oxygen atoms in total. The normalized spacial score (nSPS) is 19.4. The average Bonchev–Trinajstić information content (AvgIpc) is 3.07. The number of thioether (sulfide) groups is 1. The summed E-state index contributed by atoms with van der Waals surface area (Å²) in [6.45, 7) is 6.07. The number of rotatable bonds is 6. The van der Waals surface area contributed by atoms with Gasteiger partial charge in [0.25, 0.3) is 0 Å². The highest BCUT2D eigenvalue weighted by atomic mass is 32.2. The van der Waals surface area contributed by atoms with Crippen molar-refractivity contribution in [3.63, 3.8) is 0 Å². The van der Waals surface area contributed by atoms with Gasteiger partial charge in [-0.1, -0.05) is 12.1 Å². The fraction of sp³-hybridized carbons (Fsp3) is 0.600. The van der Waals surface area contributed by atoms with Crippen molar-refractivity contribution in [2.24, 2.45) is 0 Å². The molecule has 0 aromatic heterocycles. The molecule has 0 bridgehead atoms. The first kappa shape index (κ1) is 22.4. The van der Waals surface area contributed by atoms with Crippen LogP contribution in [0.3, 0.4) is 0 Å². The van der Waals surface area contributed by atoms with Gasteiger partial charge >= 0.3 is 6.03 Å². The van der Waals surface area contributed by atoms with Crippen LogP contribution in [0, 0.1) is 0 Å². The molecule has 0 radical (unpaired) electrons. The Hall–Kier alpha value is -1.93. The number of nitrogens with zero attached hydrogens (tertiary/aromatic N) is 2. The van der Waals surface area contributed by atoms with Gasteiger partial charge in [-0.3, -0.25) is 9.63 Å². The fourth-order valence-corrected chi connectivity index (χ4v) is 4.07. The lowest BCUT2D eigenvalue weighted by Crippen LogP contribution is -2.50. The molecule has 0 spiro atoms. The summed E-state index contributed by atoms with van der Waals surface area (Å²) in [5, 5.41) is 0.177. The zero-order valence-corrected chi connectivity index (χ0v) is 18.3. The van der Waals surface area contributed by atoms with Crippen LogP contribution in [0.5, 0.6) is 5.75 Å². The average molecular weight is 410 g/mol. The lowest BCUT2D eigenvalue weighted by atomic mass is 10.2. The molecule has 1 aliphatic rings.